The molecule has 2 heterocycles. The lowest BCUT2D eigenvalue weighted by molar-refractivity contribution is -0.116. The maximum Gasteiger partial charge on any atom is 0.225 e. The molecule has 1 aromatic carbocycles. The van der Waals surface area contributed by atoms with Crippen LogP contribution in [0.3, 0.4) is 0 Å². The number of anilines is 1. The number of carbonyl (C=O) groups is 1. The highest BCUT2D eigenvalue weighted by atomic mass is 127. The minimum Gasteiger partial charge on any atom is -0.377 e. The highest BCUT2D eigenvalue weighted by Crippen LogP contribution is 2.34. The van der Waals surface area contributed by atoms with Gasteiger partial charge in [0.1, 0.15) is 0 Å². The van der Waals surface area contributed by atoms with E-state index < -0.39 is 0 Å². The summed E-state index contributed by atoms with van der Waals surface area (Å²) in [6, 6.07) is 8.05. The summed E-state index contributed by atoms with van der Waals surface area (Å²) in [5, 5.41) is 9.77. The minimum atomic E-state index is 0. The van der Waals surface area contributed by atoms with Gasteiger partial charge in [-0.2, -0.15) is 0 Å². The molecule has 0 bridgehead atoms. The molecule has 3 atom stereocenters. The predicted molar refractivity (Wildman–Crippen MR) is 134 cm³/mol. The molecular weight excluding hydrogens is 491 g/mol. The van der Waals surface area contributed by atoms with Gasteiger partial charge in [0.15, 0.2) is 5.96 Å². The fourth-order valence-corrected chi connectivity index (χ4v) is 4.44. The monoisotopic (exact) mass is 528 g/mol. The van der Waals surface area contributed by atoms with Crippen LogP contribution >= 0.6 is 24.0 Å². The Morgan fingerprint density at radius 1 is 1.27 bits per heavy atom. The fourth-order valence-electron chi connectivity index (χ4n) is 4.44. The van der Waals surface area contributed by atoms with Gasteiger partial charge in [-0.1, -0.05) is 39.0 Å². The number of nitrogens with one attached hydrogen (secondary N) is 3. The molecule has 0 aromatic heterocycles. The van der Waals surface area contributed by atoms with Crippen LogP contribution in [0.2, 0.25) is 0 Å². The van der Waals surface area contributed by atoms with Crippen LogP contribution in [0.4, 0.5) is 5.69 Å². The van der Waals surface area contributed by atoms with Crippen molar-refractivity contribution in [2.45, 2.75) is 59.0 Å². The first-order chi connectivity index (χ1) is 13.9. The zero-order valence-electron chi connectivity index (χ0n) is 18.7. The van der Waals surface area contributed by atoms with Gasteiger partial charge in [0.2, 0.25) is 5.91 Å². The van der Waals surface area contributed by atoms with Crippen molar-refractivity contribution < 1.29 is 9.53 Å². The van der Waals surface area contributed by atoms with Crippen LogP contribution in [-0.2, 0) is 9.53 Å². The Morgan fingerprint density at radius 3 is 2.77 bits per heavy atom. The maximum atomic E-state index is 12.1. The molecule has 168 valence electrons. The second-order valence-corrected chi connectivity index (χ2v) is 9.20. The van der Waals surface area contributed by atoms with Crippen LogP contribution in [0.15, 0.2) is 29.3 Å². The van der Waals surface area contributed by atoms with E-state index >= 15 is 0 Å². The fraction of sp³-hybridized carbons (Fsp3) is 0.652. The molecule has 2 aliphatic heterocycles. The van der Waals surface area contributed by atoms with Crippen LogP contribution < -0.4 is 16.0 Å². The van der Waals surface area contributed by atoms with Gasteiger partial charge in [-0.05, 0) is 36.8 Å². The van der Waals surface area contributed by atoms with E-state index in [2.05, 4.69) is 49.7 Å². The maximum absolute atomic E-state index is 12.1. The summed E-state index contributed by atoms with van der Waals surface area (Å²) in [6.07, 6.45) is 2.98. The van der Waals surface area contributed by atoms with Gasteiger partial charge in [-0.25, -0.2) is 0 Å². The van der Waals surface area contributed by atoms with Gasteiger partial charge in [0.05, 0.1) is 6.10 Å². The summed E-state index contributed by atoms with van der Waals surface area (Å²) >= 11 is 0. The number of rotatable bonds is 5. The molecule has 3 unspecified atom stereocenters. The summed E-state index contributed by atoms with van der Waals surface area (Å²) in [7, 11) is 0. The molecule has 0 spiro atoms. The molecule has 2 aliphatic rings. The Labute approximate surface area is 198 Å². The normalized spacial score (nSPS) is 24.3. The number of amides is 1. The van der Waals surface area contributed by atoms with E-state index in [0.717, 1.165) is 44.2 Å². The first-order valence-electron chi connectivity index (χ1n) is 10.9. The molecule has 1 fully saturated rings. The summed E-state index contributed by atoms with van der Waals surface area (Å²) in [6.45, 7) is 11.9. The summed E-state index contributed by atoms with van der Waals surface area (Å²) in [5.74, 6) is 1.46. The van der Waals surface area contributed by atoms with E-state index in [1.165, 1.54) is 5.56 Å². The standard InChI is InChI=1S/C23H36N4O2.HI/c1-5-24-22(25-14-16-9-8-12-29-21(16)23(2,3)4)26-15-17-13-20(28)27-19-11-7-6-10-18(17)19;/h6-7,10-11,16-17,21H,5,8-9,12-15H2,1-4H3,(H,27,28)(H2,24,25,26);1H. The number of para-hydroxylation sites is 1. The van der Waals surface area contributed by atoms with E-state index in [1.807, 2.05) is 18.2 Å². The summed E-state index contributed by atoms with van der Waals surface area (Å²) in [5.41, 5.74) is 2.22. The number of nitrogens with zero attached hydrogens (tertiary/aromatic N) is 1. The Bertz CT molecular complexity index is 732. The van der Waals surface area contributed by atoms with Crippen LogP contribution in [-0.4, -0.2) is 44.2 Å². The molecule has 1 saturated heterocycles. The van der Waals surface area contributed by atoms with Crippen LogP contribution in [0.1, 0.15) is 58.4 Å². The third-order valence-electron chi connectivity index (χ3n) is 5.75. The molecule has 0 aliphatic carbocycles. The molecule has 3 N–H and O–H groups in total. The van der Waals surface area contributed by atoms with E-state index in [9.17, 15) is 4.79 Å². The Hall–Kier alpha value is -1.35. The minimum absolute atomic E-state index is 0. The van der Waals surface area contributed by atoms with Crippen molar-refractivity contribution in [3.63, 3.8) is 0 Å². The van der Waals surface area contributed by atoms with Crippen molar-refractivity contribution in [3.05, 3.63) is 29.8 Å². The Morgan fingerprint density at radius 2 is 2.03 bits per heavy atom. The van der Waals surface area contributed by atoms with E-state index in [1.54, 1.807) is 0 Å². The molecule has 0 saturated carbocycles. The van der Waals surface area contributed by atoms with Gasteiger partial charge in [0, 0.05) is 50.2 Å². The summed E-state index contributed by atoms with van der Waals surface area (Å²) in [4.78, 5) is 16.9. The molecule has 1 amide bonds. The van der Waals surface area contributed by atoms with Gasteiger partial charge >= 0.3 is 0 Å². The van der Waals surface area contributed by atoms with Crippen molar-refractivity contribution in [2.75, 3.05) is 31.6 Å². The lowest BCUT2D eigenvalue weighted by Gasteiger charge is -2.39. The molecule has 3 rings (SSSR count). The van der Waals surface area contributed by atoms with Crippen LogP contribution in [0.5, 0.6) is 0 Å². The van der Waals surface area contributed by atoms with E-state index in [-0.39, 0.29) is 47.3 Å². The van der Waals surface area contributed by atoms with Gasteiger partial charge in [-0.15, -0.1) is 24.0 Å². The Kier molecular flexibility index (Phi) is 9.40. The second kappa shape index (κ2) is 11.3. The van der Waals surface area contributed by atoms with Gasteiger partial charge in [0.25, 0.3) is 0 Å². The number of hydrogen-bond donors (Lipinski definition) is 3. The highest BCUT2D eigenvalue weighted by molar-refractivity contribution is 14.0. The quantitative estimate of drug-likeness (QED) is 0.305. The van der Waals surface area contributed by atoms with Crippen LogP contribution in [0.25, 0.3) is 0 Å². The highest BCUT2D eigenvalue weighted by Gasteiger charge is 2.35. The number of carbonyl (C=O) groups excluding carboxylic acids is 1. The lowest BCUT2D eigenvalue weighted by atomic mass is 9.78. The number of ether oxygens (including phenoxy) is 1. The first-order valence-corrected chi connectivity index (χ1v) is 10.9. The zero-order valence-corrected chi connectivity index (χ0v) is 21.0. The van der Waals surface area contributed by atoms with E-state index in [0.29, 0.717) is 18.9 Å². The van der Waals surface area contributed by atoms with Gasteiger partial charge in [-0.3, -0.25) is 9.79 Å². The number of halogens is 1. The Balaban J connectivity index is 0.00000320. The SMILES string of the molecule is CCNC(=NCC1CCCOC1C(C)(C)C)NCC1CC(=O)Nc2ccccc21.I. The van der Waals surface area contributed by atoms with Crippen molar-refractivity contribution in [1.82, 2.24) is 10.6 Å². The molecule has 7 heteroatoms. The second-order valence-electron chi connectivity index (χ2n) is 9.20. The lowest BCUT2D eigenvalue weighted by Crippen LogP contribution is -2.43. The predicted octanol–water partition coefficient (Wildman–Crippen LogP) is 4.13. The van der Waals surface area contributed by atoms with Crippen molar-refractivity contribution in [2.24, 2.45) is 16.3 Å². The number of hydrogen-bond acceptors (Lipinski definition) is 3. The number of benzene rings is 1. The summed E-state index contributed by atoms with van der Waals surface area (Å²) < 4.78 is 6.10. The van der Waals surface area contributed by atoms with Crippen molar-refractivity contribution in [1.29, 1.82) is 0 Å². The smallest absolute Gasteiger partial charge is 0.225 e. The topological polar surface area (TPSA) is 74.8 Å². The number of guanidine groups is 1. The number of aliphatic imine (C=N–C) groups is 1. The molecule has 1 aromatic rings. The number of fused-ring (bicyclic) bond motifs is 1. The molecule has 6 nitrogen and oxygen atoms in total. The first kappa shape index (κ1) is 24.9. The van der Waals surface area contributed by atoms with Crippen molar-refractivity contribution >= 4 is 41.5 Å². The molecule has 0 radical (unpaired) electrons. The zero-order chi connectivity index (χ0) is 20.9. The van der Waals surface area contributed by atoms with Gasteiger partial charge < -0.3 is 20.7 Å². The third-order valence-corrected chi connectivity index (χ3v) is 5.75. The molecular formula is C23H37IN4O2. The third kappa shape index (κ3) is 6.57. The van der Waals surface area contributed by atoms with Crippen LogP contribution in [0, 0.1) is 11.3 Å². The average Bonchev–Trinajstić information content (AvgIpc) is 2.69. The van der Waals surface area contributed by atoms with E-state index in [4.69, 9.17) is 9.73 Å². The molecule has 30 heavy (non-hydrogen) atoms. The van der Waals surface area contributed by atoms with Crippen molar-refractivity contribution in [3.8, 4) is 0 Å². The average molecular weight is 528 g/mol. The largest absolute Gasteiger partial charge is 0.377 e.